The molecule has 0 unspecified atom stereocenters. The van der Waals surface area contributed by atoms with E-state index in [0.29, 0.717) is 29.5 Å². The summed E-state index contributed by atoms with van der Waals surface area (Å²) < 4.78 is 10.9. The molecule has 1 aliphatic heterocycles. The van der Waals surface area contributed by atoms with Gasteiger partial charge in [0.05, 0.1) is 19.7 Å². The Bertz CT molecular complexity index is 757. The molecule has 2 heterocycles. The van der Waals surface area contributed by atoms with Crippen molar-refractivity contribution in [1.82, 2.24) is 14.9 Å². The van der Waals surface area contributed by atoms with Crippen LogP contribution in [0.4, 0.5) is 11.8 Å². The maximum Gasteiger partial charge on any atom is 0.224 e. The van der Waals surface area contributed by atoms with E-state index in [1.807, 2.05) is 19.2 Å². The zero-order valence-electron chi connectivity index (χ0n) is 16.3. The van der Waals surface area contributed by atoms with E-state index in [-0.39, 0.29) is 0 Å². The largest absolute Gasteiger partial charge is 0.493 e. The van der Waals surface area contributed by atoms with E-state index in [0.717, 1.165) is 42.7 Å². The minimum absolute atomic E-state index is 0.404. The fourth-order valence-electron chi connectivity index (χ4n) is 3.43. The summed E-state index contributed by atoms with van der Waals surface area (Å²) in [5.74, 6) is 2.77. The van der Waals surface area contributed by atoms with Crippen molar-refractivity contribution in [2.75, 3.05) is 45.0 Å². The number of aromatic nitrogens is 2. The molecule has 26 heavy (non-hydrogen) atoms. The highest BCUT2D eigenvalue weighted by atomic mass is 16.5. The third kappa shape index (κ3) is 3.77. The predicted octanol–water partition coefficient (Wildman–Crippen LogP) is 2.97. The quantitative estimate of drug-likeness (QED) is 0.821. The Morgan fingerprint density at radius 3 is 2.31 bits per heavy atom. The van der Waals surface area contributed by atoms with Gasteiger partial charge in [0, 0.05) is 43.7 Å². The van der Waals surface area contributed by atoms with E-state index in [9.17, 15) is 0 Å². The second-order valence-electron chi connectivity index (χ2n) is 6.92. The lowest BCUT2D eigenvalue weighted by Gasteiger charge is -2.35. The highest BCUT2D eigenvalue weighted by Gasteiger charge is 2.22. The molecule has 1 aromatic carbocycles. The molecule has 2 N–H and O–H groups in total. The Morgan fingerprint density at radius 2 is 1.73 bits per heavy atom. The molecule has 2 aromatic rings. The van der Waals surface area contributed by atoms with Gasteiger partial charge in [0.2, 0.25) is 5.95 Å². The van der Waals surface area contributed by atoms with Crippen LogP contribution in [0.25, 0.3) is 10.9 Å². The molecule has 1 aromatic heterocycles. The maximum atomic E-state index is 5.46. The van der Waals surface area contributed by atoms with Crippen LogP contribution in [0.15, 0.2) is 12.1 Å². The molecule has 0 bridgehead atoms. The number of anilines is 2. The molecule has 7 heteroatoms. The first-order chi connectivity index (χ1) is 12.5. The number of likely N-dealkylation sites (tertiary alicyclic amines) is 1. The van der Waals surface area contributed by atoms with Gasteiger partial charge in [-0.25, -0.2) is 4.98 Å². The van der Waals surface area contributed by atoms with Crippen molar-refractivity contribution < 1.29 is 9.47 Å². The van der Waals surface area contributed by atoms with Crippen molar-refractivity contribution in [3.63, 3.8) is 0 Å². The molecule has 0 radical (unpaired) electrons. The molecule has 0 spiro atoms. The van der Waals surface area contributed by atoms with Crippen LogP contribution in [0.3, 0.4) is 0 Å². The van der Waals surface area contributed by atoms with Crippen molar-refractivity contribution in [1.29, 1.82) is 0 Å². The lowest BCUT2D eigenvalue weighted by Crippen LogP contribution is -2.42. The number of piperidine rings is 1. The molecule has 0 saturated carbocycles. The van der Waals surface area contributed by atoms with Gasteiger partial charge in [-0.05, 0) is 32.8 Å². The molecular weight excluding hydrogens is 330 g/mol. The highest BCUT2D eigenvalue weighted by molar-refractivity contribution is 5.92. The Balaban J connectivity index is 1.91. The minimum atomic E-state index is 0.404. The molecule has 1 saturated heterocycles. The van der Waals surface area contributed by atoms with E-state index < -0.39 is 0 Å². The van der Waals surface area contributed by atoms with Crippen LogP contribution in [0.1, 0.15) is 26.7 Å². The number of benzene rings is 1. The summed E-state index contributed by atoms with van der Waals surface area (Å²) in [5.41, 5.74) is 0.823. The summed E-state index contributed by atoms with van der Waals surface area (Å²) in [7, 11) is 5.10. The number of methoxy groups -OCH3 is 2. The molecular formula is C19H29N5O2. The number of hydrogen-bond donors (Lipinski definition) is 2. The third-order valence-electron chi connectivity index (χ3n) is 5.03. The Labute approximate surface area is 155 Å². The smallest absolute Gasteiger partial charge is 0.224 e. The van der Waals surface area contributed by atoms with Crippen molar-refractivity contribution in [3.05, 3.63) is 12.1 Å². The van der Waals surface area contributed by atoms with Gasteiger partial charge in [0.1, 0.15) is 5.82 Å². The van der Waals surface area contributed by atoms with Crippen LogP contribution < -0.4 is 20.1 Å². The van der Waals surface area contributed by atoms with Crippen LogP contribution in [0.5, 0.6) is 11.5 Å². The van der Waals surface area contributed by atoms with Crippen LogP contribution in [-0.4, -0.2) is 61.3 Å². The van der Waals surface area contributed by atoms with E-state index in [1.54, 1.807) is 14.2 Å². The second kappa shape index (κ2) is 7.95. The minimum Gasteiger partial charge on any atom is -0.493 e. The topological polar surface area (TPSA) is 71.5 Å². The van der Waals surface area contributed by atoms with Crippen molar-refractivity contribution in [2.24, 2.45) is 0 Å². The highest BCUT2D eigenvalue weighted by Crippen LogP contribution is 2.35. The van der Waals surface area contributed by atoms with E-state index >= 15 is 0 Å². The number of nitrogens with zero attached hydrogens (tertiary/aromatic N) is 3. The van der Waals surface area contributed by atoms with Gasteiger partial charge in [-0.3, -0.25) is 0 Å². The standard InChI is InChI=1S/C19H29N5O2/c1-12(2)24-8-6-13(7-9-24)21-18-14-10-16(25-4)17(26-5)11-15(14)22-19(20-3)23-18/h10-13H,6-9H2,1-5H3,(H2,20,21,22,23). The van der Waals surface area contributed by atoms with Gasteiger partial charge < -0.3 is 25.0 Å². The third-order valence-corrected chi connectivity index (χ3v) is 5.03. The molecule has 1 fully saturated rings. The summed E-state index contributed by atoms with van der Waals surface area (Å²) >= 11 is 0. The normalized spacial score (nSPS) is 16.1. The van der Waals surface area contributed by atoms with E-state index in [4.69, 9.17) is 9.47 Å². The zero-order valence-corrected chi connectivity index (χ0v) is 16.3. The summed E-state index contributed by atoms with van der Waals surface area (Å²) in [6, 6.07) is 4.84. The Hall–Kier alpha value is -2.28. The molecule has 0 aliphatic carbocycles. The van der Waals surface area contributed by atoms with Crippen molar-refractivity contribution in [2.45, 2.75) is 38.8 Å². The summed E-state index contributed by atoms with van der Waals surface area (Å²) in [6.45, 7) is 6.72. The van der Waals surface area contributed by atoms with Crippen LogP contribution in [0.2, 0.25) is 0 Å². The van der Waals surface area contributed by atoms with Crippen molar-refractivity contribution >= 4 is 22.7 Å². The zero-order chi connectivity index (χ0) is 18.7. The number of rotatable bonds is 6. The van der Waals surface area contributed by atoms with Crippen molar-refractivity contribution in [3.8, 4) is 11.5 Å². The fraction of sp³-hybridized carbons (Fsp3) is 0.579. The van der Waals surface area contributed by atoms with Gasteiger partial charge in [-0.15, -0.1) is 0 Å². The van der Waals surface area contributed by atoms with Crippen LogP contribution in [-0.2, 0) is 0 Å². The molecule has 1 aliphatic rings. The van der Waals surface area contributed by atoms with Crippen LogP contribution in [0, 0.1) is 0 Å². The molecule has 0 amide bonds. The van der Waals surface area contributed by atoms with E-state index in [2.05, 4.69) is 39.3 Å². The van der Waals surface area contributed by atoms with Gasteiger partial charge in [0.25, 0.3) is 0 Å². The monoisotopic (exact) mass is 359 g/mol. The average molecular weight is 359 g/mol. The lowest BCUT2D eigenvalue weighted by atomic mass is 10.0. The summed E-state index contributed by atoms with van der Waals surface area (Å²) in [4.78, 5) is 11.7. The van der Waals surface area contributed by atoms with E-state index in [1.165, 1.54) is 0 Å². The summed E-state index contributed by atoms with van der Waals surface area (Å²) in [5, 5.41) is 7.61. The lowest BCUT2D eigenvalue weighted by molar-refractivity contribution is 0.177. The van der Waals surface area contributed by atoms with Gasteiger partial charge in [-0.2, -0.15) is 4.98 Å². The van der Waals surface area contributed by atoms with Gasteiger partial charge >= 0.3 is 0 Å². The first-order valence-corrected chi connectivity index (χ1v) is 9.17. The molecule has 142 valence electrons. The SMILES string of the molecule is CNc1nc(NC2CCN(C(C)C)CC2)c2cc(OC)c(OC)cc2n1. The molecule has 0 atom stereocenters. The van der Waals surface area contributed by atoms with Crippen LogP contribution >= 0.6 is 0 Å². The molecule has 7 nitrogen and oxygen atoms in total. The average Bonchev–Trinajstić information content (AvgIpc) is 2.67. The second-order valence-corrected chi connectivity index (χ2v) is 6.92. The Morgan fingerprint density at radius 1 is 1.08 bits per heavy atom. The number of nitrogens with one attached hydrogen (secondary N) is 2. The van der Waals surface area contributed by atoms with Gasteiger partial charge in [-0.1, -0.05) is 0 Å². The summed E-state index contributed by atoms with van der Waals surface area (Å²) in [6.07, 6.45) is 2.21. The predicted molar refractivity (Wildman–Crippen MR) is 106 cm³/mol. The van der Waals surface area contributed by atoms with Gasteiger partial charge in [0.15, 0.2) is 11.5 Å². The number of fused-ring (bicyclic) bond motifs is 1. The number of ether oxygens (including phenoxy) is 2. The number of hydrogen-bond acceptors (Lipinski definition) is 7. The first-order valence-electron chi connectivity index (χ1n) is 9.17. The maximum absolute atomic E-state index is 5.46. The Kier molecular flexibility index (Phi) is 5.66. The first kappa shape index (κ1) is 18.5. The molecule has 3 rings (SSSR count). The fourth-order valence-corrected chi connectivity index (χ4v) is 3.43.